The van der Waals surface area contributed by atoms with E-state index in [-0.39, 0.29) is 11.6 Å². The van der Waals surface area contributed by atoms with Crippen LogP contribution in [0.25, 0.3) is 11.6 Å². The van der Waals surface area contributed by atoms with Crippen LogP contribution in [0.2, 0.25) is 0 Å². The fourth-order valence-corrected chi connectivity index (χ4v) is 3.44. The van der Waals surface area contributed by atoms with Gasteiger partial charge in [-0.3, -0.25) is 4.57 Å². The topological polar surface area (TPSA) is 83.7 Å². The minimum Gasteiger partial charge on any atom is -0.458 e. The largest absolute Gasteiger partial charge is 0.458 e. The van der Waals surface area contributed by atoms with Crippen LogP contribution in [0.1, 0.15) is 43.1 Å². The molecule has 3 aromatic heterocycles. The van der Waals surface area contributed by atoms with Gasteiger partial charge in [0.25, 0.3) is 0 Å². The van der Waals surface area contributed by atoms with E-state index in [4.69, 9.17) is 9.40 Å². The minimum atomic E-state index is -0.0665. The molecule has 0 amide bonds. The Morgan fingerprint density at radius 3 is 2.88 bits per heavy atom. The van der Waals surface area contributed by atoms with Crippen LogP contribution in [0.4, 0.5) is 0 Å². The molecule has 1 atom stereocenters. The smallest absolute Gasteiger partial charge is 0.345 e. The highest BCUT2D eigenvalue weighted by atomic mass is 16.3. The summed E-state index contributed by atoms with van der Waals surface area (Å²) < 4.78 is 10.8. The summed E-state index contributed by atoms with van der Waals surface area (Å²) in [7, 11) is 1.69. The molecule has 0 saturated heterocycles. The molecular formula is C17H22N6O2. The molecule has 4 heterocycles. The summed E-state index contributed by atoms with van der Waals surface area (Å²) >= 11 is 0. The van der Waals surface area contributed by atoms with Gasteiger partial charge < -0.3 is 4.42 Å². The fourth-order valence-electron chi connectivity index (χ4n) is 3.44. The van der Waals surface area contributed by atoms with Gasteiger partial charge in [0.15, 0.2) is 5.76 Å². The summed E-state index contributed by atoms with van der Waals surface area (Å²) in [6.07, 6.45) is 2.65. The van der Waals surface area contributed by atoms with Crippen molar-refractivity contribution in [3.8, 4) is 11.6 Å². The fraction of sp³-hybridized carbons (Fsp3) is 0.529. The molecule has 8 heteroatoms. The van der Waals surface area contributed by atoms with Gasteiger partial charge in [-0.2, -0.15) is 5.10 Å². The molecule has 1 unspecified atom stereocenters. The number of hydrogen-bond acceptors (Lipinski definition) is 5. The van der Waals surface area contributed by atoms with Crippen LogP contribution < -0.4 is 5.69 Å². The molecule has 3 aromatic rings. The molecule has 132 valence electrons. The molecular weight excluding hydrogens is 320 g/mol. The maximum absolute atomic E-state index is 12.2. The van der Waals surface area contributed by atoms with E-state index >= 15 is 0 Å². The van der Waals surface area contributed by atoms with Crippen LogP contribution in [-0.4, -0.2) is 29.1 Å². The molecule has 1 aliphatic heterocycles. The summed E-state index contributed by atoms with van der Waals surface area (Å²) in [5.74, 6) is 4.06. The second kappa shape index (κ2) is 6.02. The van der Waals surface area contributed by atoms with E-state index in [9.17, 15) is 4.79 Å². The highest BCUT2D eigenvalue weighted by Gasteiger charge is 2.28. The second-order valence-corrected chi connectivity index (χ2v) is 6.60. The Hall–Kier alpha value is -2.64. The van der Waals surface area contributed by atoms with Crippen molar-refractivity contribution in [3.63, 3.8) is 0 Å². The average Bonchev–Trinajstić information content (AvgIpc) is 3.27. The highest BCUT2D eigenvalue weighted by molar-refractivity contribution is 5.46. The Balaban J connectivity index is 1.71. The first kappa shape index (κ1) is 15.9. The zero-order valence-electron chi connectivity index (χ0n) is 14.8. The Kier molecular flexibility index (Phi) is 3.82. The minimum absolute atomic E-state index is 0.0665. The van der Waals surface area contributed by atoms with Crippen molar-refractivity contribution in [3.05, 3.63) is 40.0 Å². The average molecular weight is 342 g/mol. The summed E-state index contributed by atoms with van der Waals surface area (Å²) in [6, 6.07) is 3.81. The second-order valence-electron chi connectivity index (χ2n) is 6.60. The zero-order chi connectivity index (χ0) is 17.6. The van der Waals surface area contributed by atoms with E-state index in [0.717, 1.165) is 43.2 Å². The number of hydrogen-bond donors (Lipinski definition) is 0. The maximum Gasteiger partial charge on any atom is 0.345 e. The first-order valence-electron chi connectivity index (χ1n) is 8.71. The molecule has 8 nitrogen and oxygen atoms in total. The van der Waals surface area contributed by atoms with Crippen LogP contribution in [0.5, 0.6) is 0 Å². The van der Waals surface area contributed by atoms with E-state index in [0.29, 0.717) is 18.1 Å². The number of nitrogens with zero attached hydrogens (tertiary/aromatic N) is 6. The summed E-state index contributed by atoms with van der Waals surface area (Å²) in [5.41, 5.74) is -0.0665. The van der Waals surface area contributed by atoms with Gasteiger partial charge in [0, 0.05) is 32.5 Å². The summed E-state index contributed by atoms with van der Waals surface area (Å²) in [6.45, 7) is 5.42. The zero-order valence-corrected chi connectivity index (χ0v) is 14.8. The van der Waals surface area contributed by atoms with Gasteiger partial charge >= 0.3 is 5.69 Å². The third-order valence-corrected chi connectivity index (χ3v) is 4.67. The number of aromatic nitrogens is 6. The molecule has 0 N–H and O–H groups in total. The molecule has 0 fully saturated rings. The van der Waals surface area contributed by atoms with E-state index in [1.54, 1.807) is 11.6 Å². The molecule has 0 radical (unpaired) electrons. The predicted molar refractivity (Wildman–Crippen MR) is 91.3 cm³/mol. The van der Waals surface area contributed by atoms with Gasteiger partial charge in [0.2, 0.25) is 5.82 Å². The van der Waals surface area contributed by atoms with Gasteiger partial charge in [-0.05, 0) is 31.9 Å². The Bertz CT molecular complexity index is 960. The number of aryl methyl sites for hydroxylation is 4. The van der Waals surface area contributed by atoms with Crippen LogP contribution in [0.3, 0.4) is 0 Å². The van der Waals surface area contributed by atoms with Crippen molar-refractivity contribution in [2.24, 2.45) is 7.05 Å². The quantitative estimate of drug-likeness (QED) is 0.723. The highest BCUT2D eigenvalue weighted by Crippen LogP contribution is 2.28. The predicted octanol–water partition coefficient (Wildman–Crippen LogP) is 1.88. The van der Waals surface area contributed by atoms with Crippen LogP contribution in [-0.2, 0) is 26.6 Å². The van der Waals surface area contributed by atoms with Crippen molar-refractivity contribution < 1.29 is 4.42 Å². The van der Waals surface area contributed by atoms with Crippen LogP contribution >= 0.6 is 0 Å². The molecule has 0 bridgehead atoms. The number of fused-ring (bicyclic) bond motifs is 1. The molecule has 25 heavy (non-hydrogen) atoms. The van der Waals surface area contributed by atoms with E-state index in [2.05, 4.69) is 17.1 Å². The standard InChI is InChI=1S/C17H22N6O2/c1-4-9-23-16(18-15(20-23)13-7-5-11(2)25-13)12-6-8-14-19-21(3)17(24)22(14)10-12/h5,7,12H,4,6,8-10H2,1-3H3. The van der Waals surface area contributed by atoms with Crippen molar-refractivity contribution in [2.45, 2.75) is 52.1 Å². The van der Waals surface area contributed by atoms with Crippen molar-refractivity contribution in [1.29, 1.82) is 0 Å². The lowest BCUT2D eigenvalue weighted by Crippen LogP contribution is -2.30. The van der Waals surface area contributed by atoms with Gasteiger partial charge in [-0.25, -0.2) is 19.1 Å². The van der Waals surface area contributed by atoms with E-state index < -0.39 is 0 Å². The first-order chi connectivity index (χ1) is 12.1. The Morgan fingerprint density at radius 2 is 2.16 bits per heavy atom. The van der Waals surface area contributed by atoms with Gasteiger partial charge in [-0.1, -0.05) is 6.92 Å². The molecule has 0 aliphatic carbocycles. The van der Waals surface area contributed by atoms with Crippen molar-refractivity contribution in [2.75, 3.05) is 0 Å². The van der Waals surface area contributed by atoms with E-state index in [1.807, 2.05) is 23.7 Å². The van der Waals surface area contributed by atoms with Gasteiger partial charge in [0.05, 0.1) is 0 Å². The lowest BCUT2D eigenvalue weighted by Gasteiger charge is -2.22. The Labute approximate surface area is 145 Å². The molecule has 0 saturated carbocycles. The molecule has 4 rings (SSSR count). The lowest BCUT2D eigenvalue weighted by atomic mass is 9.98. The summed E-state index contributed by atoms with van der Waals surface area (Å²) in [5, 5.41) is 8.95. The summed E-state index contributed by atoms with van der Waals surface area (Å²) in [4.78, 5) is 17.0. The molecule has 1 aliphatic rings. The normalized spacial score (nSPS) is 17.0. The van der Waals surface area contributed by atoms with E-state index in [1.165, 1.54) is 4.68 Å². The lowest BCUT2D eigenvalue weighted by molar-refractivity contribution is 0.409. The Morgan fingerprint density at radius 1 is 1.32 bits per heavy atom. The molecule has 0 spiro atoms. The van der Waals surface area contributed by atoms with Gasteiger partial charge in [-0.15, -0.1) is 5.10 Å². The van der Waals surface area contributed by atoms with Crippen LogP contribution in [0, 0.1) is 6.92 Å². The number of rotatable bonds is 4. The third kappa shape index (κ3) is 2.71. The number of furan rings is 1. The third-order valence-electron chi connectivity index (χ3n) is 4.67. The first-order valence-corrected chi connectivity index (χ1v) is 8.71. The molecule has 0 aromatic carbocycles. The van der Waals surface area contributed by atoms with Crippen molar-refractivity contribution in [1.82, 2.24) is 29.1 Å². The van der Waals surface area contributed by atoms with Crippen LogP contribution in [0.15, 0.2) is 21.3 Å². The monoisotopic (exact) mass is 342 g/mol. The van der Waals surface area contributed by atoms with Gasteiger partial charge in [0.1, 0.15) is 17.4 Å². The SMILES string of the molecule is CCCn1nc(-c2ccc(C)o2)nc1C1CCc2nn(C)c(=O)n2C1. The van der Waals surface area contributed by atoms with Crippen molar-refractivity contribution >= 4 is 0 Å². The maximum atomic E-state index is 12.2.